The zero-order valence-corrected chi connectivity index (χ0v) is 14.6. The van der Waals surface area contributed by atoms with Gasteiger partial charge in [0.2, 0.25) is 5.91 Å². The van der Waals surface area contributed by atoms with Gasteiger partial charge < -0.3 is 5.32 Å². The van der Waals surface area contributed by atoms with Crippen LogP contribution in [0.3, 0.4) is 0 Å². The lowest BCUT2D eigenvalue weighted by atomic mass is 10.2. The molecule has 0 aromatic carbocycles. The quantitative estimate of drug-likeness (QED) is 0.892. The highest BCUT2D eigenvalue weighted by Gasteiger charge is 2.35. The molecule has 0 spiro atoms. The Labute approximate surface area is 143 Å². The number of thiophene rings is 1. The van der Waals surface area contributed by atoms with E-state index < -0.39 is 21.0 Å². The van der Waals surface area contributed by atoms with E-state index in [1.165, 1.54) is 11.3 Å². The molecule has 1 aliphatic rings. The van der Waals surface area contributed by atoms with Gasteiger partial charge in [-0.25, -0.2) is 13.1 Å². The van der Waals surface area contributed by atoms with Crippen molar-refractivity contribution in [3.63, 3.8) is 0 Å². The van der Waals surface area contributed by atoms with E-state index in [1.54, 1.807) is 23.0 Å². The lowest BCUT2D eigenvalue weighted by Gasteiger charge is -2.21. The minimum atomic E-state index is -3.35. The van der Waals surface area contributed by atoms with E-state index in [1.807, 2.05) is 6.07 Å². The molecule has 1 unspecified atom stereocenters. The maximum Gasteiger partial charge on any atom is 0.243 e. The van der Waals surface area contributed by atoms with Crippen molar-refractivity contribution in [2.24, 2.45) is 0 Å². The summed E-state index contributed by atoms with van der Waals surface area (Å²) in [7, 11) is -3.35. The fourth-order valence-electron chi connectivity index (χ4n) is 2.60. The summed E-state index contributed by atoms with van der Waals surface area (Å²) in [4.78, 5) is 13.3. The molecule has 3 rings (SSSR count). The van der Waals surface area contributed by atoms with Crippen molar-refractivity contribution in [2.45, 2.75) is 31.1 Å². The first kappa shape index (κ1) is 16.5. The van der Waals surface area contributed by atoms with Crippen molar-refractivity contribution in [3.05, 3.63) is 33.6 Å². The molecule has 0 radical (unpaired) electrons. The maximum absolute atomic E-state index is 12.3. The summed E-state index contributed by atoms with van der Waals surface area (Å²) < 4.78 is 26.4. The van der Waals surface area contributed by atoms with Gasteiger partial charge >= 0.3 is 0 Å². The predicted octanol–water partition coefficient (Wildman–Crippen LogP) is 2.55. The number of aromatic nitrogens is 2. The highest BCUT2D eigenvalue weighted by Crippen LogP contribution is 2.24. The molecule has 0 aliphatic carbocycles. The standard InChI is InChI=1S/C14H16ClN3O3S2/c15-12-5-4-10(22-12)9-18-13(6-7-16-18)17-14(19)11-3-1-2-8-23(11,20)21/h4-7,11H,1-3,8-9H2,(H,17,19). The first-order valence-corrected chi connectivity index (χ1v) is 10.2. The molecule has 9 heteroatoms. The number of anilines is 1. The van der Waals surface area contributed by atoms with Crippen molar-refractivity contribution in [3.8, 4) is 0 Å². The lowest BCUT2D eigenvalue weighted by molar-refractivity contribution is -0.116. The smallest absolute Gasteiger partial charge is 0.243 e. The Morgan fingerprint density at radius 1 is 1.39 bits per heavy atom. The molecule has 1 N–H and O–H groups in total. The van der Waals surface area contributed by atoms with Crippen LogP contribution in [0, 0.1) is 0 Å². The number of halogens is 1. The second kappa shape index (κ2) is 6.62. The Kier molecular flexibility index (Phi) is 4.74. The zero-order chi connectivity index (χ0) is 16.4. The molecule has 6 nitrogen and oxygen atoms in total. The Morgan fingerprint density at radius 2 is 2.22 bits per heavy atom. The number of amides is 1. The van der Waals surface area contributed by atoms with Crippen molar-refractivity contribution < 1.29 is 13.2 Å². The summed E-state index contributed by atoms with van der Waals surface area (Å²) in [6.45, 7) is 0.470. The molecule has 0 bridgehead atoms. The van der Waals surface area contributed by atoms with E-state index in [9.17, 15) is 13.2 Å². The van der Waals surface area contributed by atoms with Crippen LogP contribution in [0.2, 0.25) is 4.34 Å². The monoisotopic (exact) mass is 373 g/mol. The van der Waals surface area contributed by atoms with Crippen LogP contribution in [0.4, 0.5) is 5.82 Å². The van der Waals surface area contributed by atoms with Crippen molar-refractivity contribution in [2.75, 3.05) is 11.1 Å². The summed E-state index contributed by atoms with van der Waals surface area (Å²) in [6.07, 6.45) is 3.33. The molecule has 1 atom stereocenters. The molecule has 1 saturated heterocycles. The third-order valence-electron chi connectivity index (χ3n) is 3.77. The number of carbonyl (C=O) groups is 1. The fourth-order valence-corrected chi connectivity index (χ4v) is 5.48. The summed E-state index contributed by atoms with van der Waals surface area (Å²) >= 11 is 7.35. The van der Waals surface area contributed by atoms with Gasteiger partial charge in [-0.1, -0.05) is 18.0 Å². The minimum Gasteiger partial charge on any atom is -0.310 e. The van der Waals surface area contributed by atoms with Gasteiger partial charge in [0.25, 0.3) is 0 Å². The van der Waals surface area contributed by atoms with Crippen molar-refractivity contribution in [1.82, 2.24) is 9.78 Å². The number of hydrogen-bond donors (Lipinski definition) is 1. The molecule has 1 aliphatic heterocycles. The van der Waals surface area contributed by atoms with E-state index in [2.05, 4.69) is 10.4 Å². The van der Waals surface area contributed by atoms with Crippen molar-refractivity contribution in [1.29, 1.82) is 0 Å². The van der Waals surface area contributed by atoms with E-state index in [0.717, 1.165) is 11.3 Å². The van der Waals surface area contributed by atoms with E-state index in [0.29, 0.717) is 29.5 Å². The van der Waals surface area contributed by atoms with Crippen LogP contribution in [-0.4, -0.2) is 35.1 Å². The molecule has 23 heavy (non-hydrogen) atoms. The molecule has 3 heterocycles. The van der Waals surface area contributed by atoms with Gasteiger partial charge in [0, 0.05) is 10.9 Å². The normalized spacial score (nSPS) is 20.3. The average Bonchev–Trinajstić information content (AvgIpc) is 3.08. The maximum atomic E-state index is 12.3. The number of nitrogens with zero attached hydrogens (tertiary/aromatic N) is 2. The summed E-state index contributed by atoms with van der Waals surface area (Å²) in [5, 5.41) is 5.91. The Balaban J connectivity index is 1.73. The molecule has 0 saturated carbocycles. The van der Waals surface area contributed by atoms with Crippen LogP contribution in [0.5, 0.6) is 0 Å². The molecule has 1 fully saturated rings. The first-order chi connectivity index (χ1) is 11.0. The number of hydrogen-bond acceptors (Lipinski definition) is 5. The highest BCUT2D eigenvalue weighted by atomic mass is 35.5. The Bertz CT molecular complexity index is 813. The van der Waals surface area contributed by atoms with E-state index in [4.69, 9.17) is 11.6 Å². The third-order valence-corrected chi connectivity index (χ3v) is 7.16. The molecular formula is C14H16ClN3O3S2. The predicted molar refractivity (Wildman–Crippen MR) is 90.7 cm³/mol. The second-order valence-corrected chi connectivity index (χ2v) is 9.52. The summed E-state index contributed by atoms with van der Waals surface area (Å²) in [5.41, 5.74) is 0. The molecular weight excluding hydrogens is 358 g/mol. The van der Waals surface area contributed by atoms with Gasteiger partial charge in [-0.2, -0.15) is 5.10 Å². The van der Waals surface area contributed by atoms with Crippen LogP contribution < -0.4 is 5.32 Å². The van der Waals surface area contributed by atoms with Crippen LogP contribution in [0.25, 0.3) is 0 Å². The van der Waals surface area contributed by atoms with Crippen LogP contribution in [0.1, 0.15) is 24.1 Å². The van der Waals surface area contributed by atoms with Crippen LogP contribution in [0.15, 0.2) is 24.4 Å². The lowest BCUT2D eigenvalue weighted by Crippen LogP contribution is -2.39. The van der Waals surface area contributed by atoms with E-state index in [-0.39, 0.29) is 5.75 Å². The molecule has 2 aromatic heterocycles. The molecule has 2 aromatic rings. The topological polar surface area (TPSA) is 81.1 Å². The van der Waals surface area contributed by atoms with Crippen LogP contribution >= 0.6 is 22.9 Å². The summed E-state index contributed by atoms with van der Waals surface area (Å²) in [6, 6.07) is 5.35. The minimum absolute atomic E-state index is 0.0814. The van der Waals surface area contributed by atoms with Crippen LogP contribution in [-0.2, 0) is 21.2 Å². The number of rotatable bonds is 4. The summed E-state index contributed by atoms with van der Waals surface area (Å²) in [5.74, 6) is 0.0915. The molecule has 124 valence electrons. The second-order valence-electron chi connectivity index (χ2n) is 5.42. The van der Waals surface area contributed by atoms with Gasteiger partial charge in [0.15, 0.2) is 9.84 Å². The Hall–Kier alpha value is -1.38. The zero-order valence-electron chi connectivity index (χ0n) is 12.2. The molecule has 1 amide bonds. The average molecular weight is 374 g/mol. The van der Waals surface area contributed by atoms with Gasteiger partial charge in [0.1, 0.15) is 11.1 Å². The van der Waals surface area contributed by atoms with Gasteiger partial charge in [0.05, 0.1) is 22.8 Å². The number of sulfone groups is 1. The first-order valence-electron chi connectivity index (χ1n) is 7.24. The van der Waals surface area contributed by atoms with E-state index >= 15 is 0 Å². The Morgan fingerprint density at radius 3 is 2.91 bits per heavy atom. The largest absolute Gasteiger partial charge is 0.310 e. The fraction of sp³-hybridized carbons (Fsp3) is 0.429. The van der Waals surface area contributed by atoms with Gasteiger partial charge in [-0.3, -0.25) is 4.79 Å². The van der Waals surface area contributed by atoms with Gasteiger partial charge in [-0.05, 0) is 25.0 Å². The SMILES string of the molecule is O=C(Nc1ccnn1Cc1ccc(Cl)s1)C1CCCCS1(=O)=O. The number of carbonyl (C=O) groups excluding carboxylic acids is 1. The third kappa shape index (κ3) is 3.76. The highest BCUT2D eigenvalue weighted by molar-refractivity contribution is 7.92. The van der Waals surface area contributed by atoms with Gasteiger partial charge in [-0.15, -0.1) is 11.3 Å². The van der Waals surface area contributed by atoms with Crippen molar-refractivity contribution >= 4 is 44.5 Å². The number of nitrogens with one attached hydrogen (secondary N) is 1.